The van der Waals surface area contributed by atoms with Crippen molar-refractivity contribution in [3.63, 3.8) is 0 Å². The number of benzene rings is 1. The molecule has 1 aliphatic carbocycles. The number of carbonyl (C=O) groups is 1. The Balaban J connectivity index is 2.05. The van der Waals surface area contributed by atoms with Crippen LogP contribution in [0.1, 0.15) is 19.8 Å². The lowest BCUT2D eigenvalue weighted by Crippen LogP contribution is -2.15. The average Bonchev–Trinajstić information content (AvgIpc) is 2.31. The van der Waals surface area contributed by atoms with E-state index in [2.05, 4.69) is 12.2 Å². The molecule has 1 N–H and O–H groups in total. The van der Waals surface area contributed by atoms with E-state index in [-0.39, 0.29) is 5.91 Å². The van der Waals surface area contributed by atoms with Crippen LogP contribution in [0, 0.1) is 0 Å². The summed E-state index contributed by atoms with van der Waals surface area (Å²) in [5.41, 5.74) is 3.03. The number of nitrogens with one attached hydrogen (secondary N) is 1. The molecule has 0 unspecified atom stereocenters. The quantitative estimate of drug-likeness (QED) is 0.802. The molecule has 0 heterocycles. The summed E-state index contributed by atoms with van der Waals surface area (Å²) in [7, 11) is 0. The molecule has 1 aromatic rings. The normalized spacial score (nSPS) is 15.1. The molecule has 2 nitrogen and oxygen atoms in total. The minimum absolute atomic E-state index is 0.00921. The topological polar surface area (TPSA) is 29.1 Å². The van der Waals surface area contributed by atoms with Gasteiger partial charge in [0.1, 0.15) is 0 Å². The Bertz CT molecular complexity index is 443. The molecule has 16 heavy (non-hydrogen) atoms. The van der Waals surface area contributed by atoms with Gasteiger partial charge in [0.15, 0.2) is 0 Å². The largest absolute Gasteiger partial charge is 0.322 e. The molecule has 0 aromatic heterocycles. The molecule has 0 spiro atoms. The molecule has 2 rings (SSSR count). The van der Waals surface area contributed by atoms with Crippen LogP contribution in [0.15, 0.2) is 53.6 Å². The fraction of sp³-hybridized carbons (Fsp3) is 0.214. The van der Waals surface area contributed by atoms with Gasteiger partial charge >= 0.3 is 0 Å². The Kier molecular flexibility index (Phi) is 3.20. The first-order valence-electron chi connectivity index (χ1n) is 5.48. The molecule has 1 amide bonds. The SMILES string of the molecule is CC1=CC=C(C(=O)Nc2ccccc2)CC1. The van der Waals surface area contributed by atoms with Crippen molar-refractivity contribution in [2.45, 2.75) is 19.8 Å². The zero-order valence-corrected chi connectivity index (χ0v) is 9.36. The van der Waals surface area contributed by atoms with E-state index in [4.69, 9.17) is 0 Å². The monoisotopic (exact) mass is 213 g/mol. The Morgan fingerprint density at radius 2 is 1.88 bits per heavy atom. The third-order valence-electron chi connectivity index (χ3n) is 2.68. The second-order valence-corrected chi connectivity index (χ2v) is 4.03. The van der Waals surface area contributed by atoms with Crippen LogP contribution < -0.4 is 5.32 Å². The van der Waals surface area contributed by atoms with Gasteiger partial charge in [-0.2, -0.15) is 0 Å². The lowest BCUT2D eigenvalue weighted by Gasteiger charge is -2.12. The van der Waals surface area contributed by atoms with Crippen LogP contribution in [0.4, 0.5) is 5.69 Å². The Hall–Kier alpha value is -1.83. The molecule has 2 heteroatoms. The average molecular weight is 213 g/mol. The van der Waals surface area contributed by atoms with E-state index in [0.717, 1.165) is 24.1 Å². The molecule has 0 saturated heterocycles. The fourth-order valence-corrected chi connectivity index (χ4v) is 1.66. The third-order valence-corrected chi connectivity index (χ3v) is 2.68. The van der Waals surface area contributed by atoms with Gasteiger partial charge in [0, 0.05) is 11.3 Å². The van der Waals surface area contributed by atoms with E-state index in [1.807, 2.05) is 42.5 Å². The summed E-state index contributed by atoms with van der Waals surface area (Å²) in [5.74, 6) is 0.00921. The molecular weight excluding hydrogens is 198 g/mol. The van der Waals surface area contributed by atoms with Gasteiger partial charge in [-0.05, 0) is 31.9 Å². The second kappa shape index (κ2) is 4.79. The second-order valence-electron chi connectivity index (χ2n) is 4.03. The van der Waals surface area contributed by atoms with Gasteiger partial charge in [-0.1, -0.05) is 35.9 Å². The lowest BCUT2D eigenvalue weighted by atomic mass is 9.99. The van der Waals surface area contributed by atoms with Gasteiger partial charge in [0.2, 0.25) is 0 Å². The number of anilines is 1. The van der Waals surface area contributed by atoms with E-state index >= 15 is 0 Å². The van der Waals surface area contributed by atoms with Crippen LogP contribution in [0.2, 0.25) is 0 Å². The predicted octanol–water partition coefficient (Wildman–Crippen LogP) is 3.29. The molecule has 0 bridgehead atoms. The number of para-hydroxylation sites is 1. The number of hydrogen-bond acceptors (Lipinski definition) is 1. The van der Waals surface area contributed by atoms with Gasteiger partial charge in [-0.3, -0.25) is 4.79 Å². The number of rotatable bonds is 2. The first-order valence-corrected chi connectivity index (χ1v) is 5.48. The molecule has 1 aliphatic rings. The molecule has 0 radical (unpaired) electrons. The Morgan fingerprint density at radius 1 is 1.12 bits per heavy atom. The van der Waals surface area contributed by atoms with Crippen molar-refractivity contribution in [1.29, 1.82) is 0 Å². The number of carbonyl (C=O) groups excluding carboxylic acids is 1. The minimum Gasteiger partial charge on any atom is -0.322 e. The summed E-state index contributed by atoms with van der Waals surface area (Å²) in [6.45, 7) is 2.09. The summed E-state index contributed by atoms with van der Waals surface area (Å²) in [4.78, 5) is 11.9. The summed E-state index contributed by atoms with van der Waals surface area (Å²) in [6, 6.07) is 9.54. The standard InChI is InChI=1S/C14H15NO/c1-11-7-9-12(10-8-11)14(16)15-13-5-3-2-4-6-13/h2-7,9H,8,10H2,1H3,(H,15,16). The molecule has 82 valence electrons. The van der Waals surface area contributed by atoms with Crippen LogP contribution in [0.25, 0.3) is 0 Å². The first kappa shape index (κ1) is 10.7. The Morgan fingerprint density at radius 3 is 2.50 bits per heavy atom. The molecule has 1 aromatic carbocycles. The van der Waals surface area contributed by atoms with Gasteiger partial charge in [0.05, 0.1) is 0 Å². The summed E-state index contributed by atoms with van der Waals surface area (Å²) in [5, 5.41) is 2.89. The first-order chi connectivity index (χ1) is 7.75. The van der Waals surface area contributed by atoms with Crippen LogP contribution >= 0.6 is 0 Å². The van der Waals surface area contributed by atoms with E-state index in [1.165, 1.54) is 5.57 Å². The van der Waals surface area contributed by atoms with Crippen molar-refractivity contribution >= 4 is 11.6 Å². The van der Waals surface area contributed by atoms with Gasteiger partial charge in [-0.25, -0.2) is 0 Å². The fourth-order valence-electron chi connectivity index (χ4n) is 1.66. The highest BCUT2D eigenvalue weighted by Crippen LogP contribution is 2.19. The number of allylic oxidation sites excluding steroid dienone is 3. The highest BCUT2D eigenvalue weighted by molar-refractivity contribution is 6.04. The minimum atomic E-state index is 0.00921. The van der Waals surface area contributed by atoms with Gasteiger partial charge in [-0.15, -0.1) is 0 Å². The Labute approximate surface area is 95.7 Å². The molecule has 0 atom stereocenters. The summed E-state index contributed by atoms with van der Waals surface area (Å²) >= 11 is 0. The van der Waals surface area contributed by atoms with Crippen LogP contribution in [0.3, 0.4) is 0 Å². The van der Waals surface area contributed by atoms with E-state index in [1.54, 1.807) is 0 Å². The van der Waals surface area contributed by atoms with Crippen molar-refractivity contribution in [2.24, 2.45) is 0 Å². The molecule has 0 aliphatic heterocycles. The number of hydrogen-bond donors (Lipinski definition) is 1. The summed E-state index contributed by atoms with van der Waals surface area (Å²) in [6.07, 6.45) is 5.75. The zero-order valence-electron chi connectivity index (χ0n) is 9.36. The van der Waals surface area contributed by atoms with Crippen molar-refractivity contribution in [2.75, 3.05) is 5.32 Å². The zero-order chi connectivity index (χ0) is 11.4. The van der Waals surface area contributed by atoms with Crippen molar-refractivity contribution in [3.05, 3.63) is 53.6 Å². The smallest absolute Gasteiger partial charge is 0.251 e. The maximum Gasteiger partial charge on any atom is 0.251 e. The predicted molar refractivity (Wildman–Crippen MR) is 66.1 cm³/mol. The maximum atomic E-state index is 11.9. The van der Waals surface area contributed by atoms with Gasteiger partial charge in [0.25, 0.3) is 5.91 Å². The van der Waals surface area contributed by atoms with Crippen LogP contribution in [-0.2, 0) is 4.79 Å². The van der Waals surface area contributed by atoms with E-state index < -0.39 is 0 Å². The molecular formula is C14H15NO. The van der Waals surface area contributed by atoms with Crippen molar-refractivity contribution in [1.82, 2.24) is 0 Å². The van der Waals surface area contributed by atoms with Gasteiger partial charge < -0.3 is 5.32 Å². The van der Waals surface area contributed by atoms with Crippen molar-refractivity contribution < 1.29 is 4.79 Å². The van der Waals surface area contributed by atoms with Crippen LogP contribution in [0.5, 0.6) is 0 Å². The highest BCUT2D eigenvalue weighted by atomic mass is 16.1. The van der Waals surface area contributed by atoms with Crippen molar-refractivity contribution in [3.8, 4) is 0 Å². The summed E-state index contributed by atoms with van der Waals surface area (Å²) < 4.78 is 0. The highest BCUT2D eigenvalue weighted by Gasteiger charge is 2.11. The number of amides is 1. The lowest BCUT2D eigenvalue weighted by molar-refractivity contribution is -0.113. The van der Waals surface area contributed by atoms with E-state index in [9.17, 15) is 4.79 Å². The maximum absolute atomic E-state index is 11.9. The molecule has 0 fully saturated rings. The third kappa shape index (κ3) is 2.60. The molecule has 0 saturated carbocycles. The van der Waals surface area contributed by atoms with E-state index in [0.29, 0.717) is 0 Å². The van der Waals surface area contributed by atoms with Crippen LogP contribution in [-0.4, -0.2) is 5.91 Å².